The number of carbonyl (C=O) groups is 1. The number of rotatable bonds is 2. The van der Waals surface area contributed by atoms with Gasteiger partial charge in [-0.15, -0.1) is 0 Å². The summed E-state index contributed by atoms with van der Waals surface area (Å²) >= 11 is 0. The predicted octanol–water partition coefficient (Wildman–Crippen LogP) is 0.153. The highest BCUT2D eigenvalue weighted by molar-refractivity contribution is 6.00. The van der Waals surface area contributed by atoms with E-state index < -0.39 is 11.2 Å². The van der Waals surface area contributed by atoms with E-state index in [0.717, 1.165) is 10.1 Å². The van der Waals surface area contributed by atoms with E-state index in [2.05, 4.69) is 10.3 Å². The van der Waals surface area contributed by atoms with E-state index in [1.807, 2.05) is 6.92 Å². The van der Waals surface area contributed by atoms with E-state index in [9.17, 15) is 14.4 Å². The van der Waals surface area contributed by atoms with Crippen LogP contribution in [0.15, 0.2) is 15.8 Å². The zero-order valence-corrected chi connectivity index (χ0v) is 11.9. The highest BCUT2D eigenvalue weighted by Gasteiger charge is 2.17. The van der Waals surface area contributed by atoms with E-state index in [1.165, 1.54) is 18.5 Å². The van der Waals surface area contributed by atoms with Gasteiger partial charge in [0.25, 0.3) is 5.56 Å². The minimum atomic E-state index is -0.463. The summed E-state index contributed by atoms with van der Waals surface area (Å²) < 4.78 is 2.30. The van der Waals surface area contributed by atoms with Gasteiger partial charge in [-0.25, -0.2) is 9.78 Å². The SMILES string of the molecule is CCc1cnc2c(c1NC(C)=O)c(=O)n(C)c(=O)n2C. The molecule has 0 aliphatic rings. The molecule has 0 radical (unpaired) electrons. The molecule has 1 amide bonds. The van der Waals surface area contributed by atoms with Gasteiger partial charge in [-0.1, -0.05) is 6.92 Å². The molecular formula is C13H16N4O3. The highest BCUT2D eigenvalue weighted by Crippen LogP contribution is 2.22. The van der Waals surface area contributed by atoms with Crippen LogP contribution in [-0.2, 0) is 25.3 Å². The number of hydrogen-bond acceptors (Lipinski definition) is 4. The van der Waals surface area contributed by atoms with Crippen molar-refractivity contribution in [1.29, 1.82) is 0 Å². The van der Waals surface area contributed by atoms with E-state index in [4.69, 9.17) is 0 Å². The maximum Gasteiger partial charge on any atom is 0.332 e. The molecule has 0 atom stereocenters. The molecule has 0 aliphatic heterocycles. The van der Waals surface area contributed by atoms with Crippen molar-refractivity contribution in [3.63, 3.8) is 0 Å². The number of aryl methyl sites for hydroxylation is 2. The van der Waals surface area contributed by atoms with Crippen LogP contribution in [0.25, 0.3) is 11.0 Å². The summed E-state index contributed by atoms with van der Waals surface area (Å²) in [4.78, 5) is 39.8. The van der Waals surface area contributed by atoms with E-state index in [-0.39, 0.29) is 16.9 Å². The van der Waals surface area contributed by atoms with Crippen LogP contribution < -0.4 is 16.6 Å². The quantitative estimate of drug-likeness (QED) is 0.846. The molecule has 0 saturated carbocycles. The molecule has 2 aromatic rings. The zero-order valence-electron chi connectivity index (χ0n) is 11.9. The van der Waals surface area contributed by atoms with Gasteiger partial charge in [0.15, 0.2) is 5.65 Å². The molecule has 2 aromatic heterocycles. The summed E-state index contributed by atoms with van der Waals surface area (Å²) in [5.41, 5.74) is 0.534. The Labute approximate surface area is 114 Å². The summed E-state index contributed by atoms with van der Waals surface area (Å²) in [5.74, 6) is -0.275. The topological polar surface area (TPSA) is 86.0 Å². The van der Waals surface area contributed by atoms with Crippen LogP contribution in [0.5, 0.6) is 0 Å². The molecule has 0 aromatic carbocycles. The Balaban J connectivity index is 3.04. The monoisotopic (exact) mass is 276 g/mol. The fourth-order valence-corrected chi connectivity index (χ4v) is 2.15. The summed E-state index contributed by atoms with van der Waals surface area (Å²) in [6.45, 7) is 3.28. The summed E-state index contributed by atoms with van der Waals surface area (Å²) in [7, 11) is 2.94. The van der Waals surface area contributed by atoms with Gasteiger partial charge in [-0.05, 0) is 12.0 Å². The van der Waals surface area contributed by atoms with Gasteiger partial charge in [-0.3, -0.25) is 18.7 Å². The Morgan fingerprint density at radius 2 is 1.95 bits per heavy atom. The zero-order chi connectivity index (χ0) is 15.0. The van der Waals surface area contributed by atoms with Gasteiger partial charge < -0.3 is 5.32 Å². The van der Waals surface area contributed by atoms with Crippen LogP contribution in [0.4, 0.5) is 5.69 Å². The Bertz CT molecular complexity index is 817. The van der Waals surface area contributed by atoms with E-state index in [1.54, 1.807) is 13.2 Å². The van der Waals surface area contributed by atoms with Crippen molar-refractivity contribution in [2.75, 3.05) is 5.32 Å². The Morgan fingerprint density at radius 3 is 2.50 bits per heavy atom. The number of amides is 1. The van der Waals surface area contributed by atoms with Crippen molar-refractivity contribution in [1.82, 2.24) is 14.1 Å². The lowest BCUT2D eigenvalue weighted by Gasteiger charge is -2.13. The first-order chi connectivity index (χ1) is 9.38. The van der Waals surface area contributed by atoms with Crippen LogP contribution in [-0.4, -0.2) is 20.0 Å². The second-order valence-corrected chi connectivity index (χ2v) is 4.60. The highest BCUT2D eigenvalue weighted by atomic mass is 16.2. The molecule has 2 heterocycles. The van der Waals surface area contributed by atoms with Gasteiger partial charge in [0, 0.05) is 27.2 Å². The van der Waals surface area contributed by atoms with Crippen molar-refractivity contribution in [3.05, 3.63) is 32.6 Å². The summed E-state index contributed by atoms with van der Waals surface area (Å²) in [5, 5.41) is 2.93. The van der Waals surface area contributed by atoms with Gasteiger partial charge in [0.1, 0.15) is 5.39 Å². The Hall–Kier alpha value is -2.44. The number of nitrogens with one attached hydrogen (secondary N) is 1. The van der Waals surface area contributed by atoms with Gasteiger partial charge in [-0.2, -0.15) is 0 Å². The molecule has 0 saturated heterocycles. The van der Waals surface area contributed by atoms with Gasteiger partial charge in [0.05, 0.1) is 5.69 Å². The third-order valence-corrected chi connectivity index (χ3v) is 3.23. The number of carbonyl (C=O) groups excluding carboxylic acids is 1. The number of pyridine rings is 1. The normalized spacial score (nSPS) is 10.8. The van der Waals surface area contributed by atoms with Crippen molar-refractivity contribution < 1.29 is 4.79 Å². The second kappa shape index (κ2) is 4.92. The first-order valence-electron chi connectivity index (χ1n) is 6.23. The molecule has 1 N–H and O–H groups in total. The van der Waals surface area contributed by atoms with E-state index in [0.29, 0.717) is 12.1 Å². The molecule has 0 unspecified atom stereocenters. The molecule has 20 heavy (non-hydrogen) atoms. The molecule has 0 spiro atoms. The molecule has 0 bridgehead atoms. The minimum absolute atomic E-state index is 0.254. The third kappa shape index (κ3) is 2.01. The van der Waals surface area contributed by atoms with Crippen LogP contribution in [0, 0.1) is 0 Å². The second-order valence-electron chi connectivity index (χ2n) is 4.60. The molecule has 0 aliphatic carbocycles. The first kappa shape index (κ1) is 14.0. The van der Waals surface area contributed by atoms with Crippen molar-refractivity contribution in [2.24, 2.45) is 14.1 Å². The van der Waals surface area contributed by atoms with Gasteiger partial charge >= 0.3 is 5.69 Å². The lowest BCUT2D eigenvalue weighted by molar-refractivity contribution is -0.114. The largest absolute Gasteiger partial charge is 0.332 e. The van der Waals surface area contributed by atoms with E-state index >= 15 is 0 Å². The molecule has 2 rings (SSSR count). The molecule has 0 fully saturated rings. The van der Waals surface area contributed by atoms with Crippen molar-refractivity contribution >= 4 is 22.6 Å². The van der Waals surface area contributed by atoms with Crippen molar-refractivity contribution in [3.8, 4) is 0 Å². The molecular weight excluding hydrogens is 260 g/mol. The average molecular weight is 276 g/mol. The number of hydrogen-bond donors (Lipinski definition) is 1. The smallest absolute Gasteiger partial charge is 0.325 e. The Kier molecular flexibility index (Phi) is 3.44. The molecule has 106 valence electrons. The average Bonchev–Trinajstić information content (AvgIpc) is 2.41. The standard InChI is InChI=1S/C13H16N4O3/c1-5-8-6-14-11-9(10(8)15-7(2)18)12(19)17(4)13(20)16(11)3/h6H,5H2,1-4H3,(H,14,15,18). The predicted molar refractivity (Wildman–Crippen MR) is 75.9 cm³/mol. The fourth-order valence-electron chi connectivity index (χ4n) is 2.15. The van der Waals surface area contributed by atoms with Crippen LogP contribution in [0.3, 0.4) is 0 Å². The third-order valence-electron chi connectivity index (χ3n) is 3.23. The lowest BCUT2D eigenvalue weighted by Crippen LogP contribution is -2.37. The number of anilines is 1. The fraction of sp³-hybridized carbons (Fsp3) is 0.385. The summed E-state index contributed by atoms with van der Waals surface area (Å²) in [6.07, 6.45) is 2.19. The number of nitrogens with zero attached hydrogens (tertiary/aromatic N) is 3. The van der Waals surface area contributed by atoms with Crippen LogP contribution in [0.1, 0.15) is 19.4 Å². The summed E-state index contributed by atoms with van der Waals surface area (Å²) in [6, 6.07) is 0. The van der Waals surface area contributed by atoms with Gasteiger partial charge in [0.2, 0.25) is 5.91 Å². The van der Waals surface area contributed by atoms with Crippen molar-refractivity contribution in [2.45, 2.75) is 20.3 Å². The first-order valence-corrected chi connectivity index (χ1v) is 6.23. The Morgan fingerprint density at radius 1 is 1.30 bits per heavy atom. The number of fused-ring (bicyclic) bond motifs is 1. The number of aromatic nitrogens is 3. The maximum atomic E-state index is 12.3. The van der Waals surface area contributed by atoms with Crippen LogP contribution in [0.2, 0.25) is 0 Å². The lowest BCUT2D eigenvalue weighted by atomic mass is 10.1. The minimum Gasteiger partial charge on any atom is -0.325 e. The molecule has 7 nitrogen and oxygen atoms in total. The maximum absolute atomic E-state index is 12.3. The van der Waals surface area contributed by atoms with Crippen LogP contribution >= 0.6 is 0 Å². The molecule has 7 heteroatoms.